The predicted molar refractivity (Wildman–Crippen MR) is 120 cm³/mol. The van der Waals surface area contributed by atoms with Crippen molar-refractivity contribution in [3.05, 3.63) is 83.2 Å². The molecular weight excluding hydrogens is 442 g/mol. The molecule has 4 rings (SSSR count). The molecule has 0 radical (unpaired) electrons. The first-order chi connectivity index (χ1) is 14.4. The smallest absolute Gasteiger partial charge is 0.269 e. The molecule has 0 saturated heterocycles. The first kappa shape index (κ1) is 21.0. The van der Waals surface area contributed by atoms with Gasteiger partial charge in [-0.05, 0) is 53.6 Å². The summed E-state index contributed by atoms with van der Waals surface area (Å²) in [6, 6.07) is 10.5. The Morgan fingerprint density at radius 1 is 1.30 bits per heavy atom. The van der Waals surface area contributed by atoms with Crippen LogP contribution < -0.4 is 0 Å². The van der Waals surface area contributed by atoms with Gasteiger partial charge in [0.1, 0.15) is 0 Å². The molecule has 1 aliphatic rings. The summed E-state index contributed by atoms with van der Waals surface area (Å²) in [6.45, 7) is 1.24. The standard InChI is InChI=1S/C21H20ClN3O3S2/c1-23(12-14-11-15(25(27)28)4-5-17(14)22)13-20(26)24-8-6-18-16(7-10-30-18)21(24)19-3-2-9-29-19/h2-5,7,9-11,21H,6,8,12-13H2,1H3/t21-/m1/s1. The van der Waals surface area contributed by atoms with Gasteiger partial charge in [-0.3, -0.25) is 19.8 Å². The predicted octanol–water partition coefficient (Wildman–Crippen LogP) is 4.98. The van der Waals surface area contributed by atoms with Crippen LogP contribution in [0.3, 0.4) is 0 Å². The molecule has 1 atom stereocenters. The van der Waals surface area contributed by atoms with Gasteiger partial charge in [-0.25, -0.2) is 0 Å². The Bertz CT molecular complexity index is 1070. The van der Waals surface area contributed by atoms with E-state index in [1.165, 1.54) is 28.6 Å². The fourth-order valence-corrected chi connectivity index (χ4v) is 5.74. The summed E-state index contributed by atoms with van der Waals surface area (Å²) in [7, 11) is 1.83. The van der Waals surface area contributed by atoms with E-state index in [2.05, 4.69) is 17.5 Å². The Labute approximate surface area is 187 Å². The number of nitro groups is 1. The maximum atomic E-state index is 13.2. The van der Waals surface area contributed by atoms with Crippen molar-refractivity contribution in [2.24, 2.45) is 0 Å². The van der Waals surface area contributed by atoms with E-state index in [-0.39, 0.29) is 24.2 Å². The number of carbonyl (C=O) groups is 1. The van der Waals surface area contributed by atoms with Gasteiger partial charge in [0.25, 0.3) is 5.69 Å². The molecular formula is C21H20ClN3O3S2. The second-order valence-electron chi connectivity index (χ2n) is 7.26. The maximum absolute atomic E-state index is 13.2. The molecule has 1 amide bonds. The lowest BCUT2D eigenvalue weighted by molar-refractivity contribution is -0.384. The lowest BCUT2D eigenvalue weighted by Gasteiger charge is -2.36. The molecule has 0 bridgehead atoms. The third-order valence-electron chi connectivity index (χ3n) is 5.18. The molecule has 6 nitrogen and oxygen atoms in total. The summed E-state index contributed by atoms with van der Waals surface area (Å²) in [6.07, 6.45) is 0.862. The number of nitrogens with zero attached hydrogens (tertiary/aromatic N) is 3. The highest BCUT2D eigenvalue weighted by Crippen LogP contribution is 2.39. The van der Waals surface area contributed by atoms with Crippen LogP contribution in [0.25, 0.3) is 0 Å². The van der Waals surface area contributed by atoms with Crippen molar-refractivity contribution in [3.8, 4) is 0 Å². The first-order valence-corrected chi connectivity index (χ1v) is 11.6. The summed E-state index contributed by atoms with van der Waals surface area (Å²) in [5.74, 6) is 0.0364. The van der Waals surface area contributed by atoms with Crippen molar-refractivity contribution in [2.75, 3.05) is 20.1 Å². The van der Waals surface area contributed by atoms with Gasteiger partial charge in [-0.1, -0.05) is 17.7 Å². The van der Waals surface area contributed by atoms with E-state index in [0.29, 0.717) is 23.7 Å². The Morgan fingerprint density at radius 3 is 2.87 bits per heavy atom. The van der Waals surface area contributed by atoms with Crippen molar-refractivity contribution in [3.63, 3.8) is 0 Å². The molecule has 3 aromatic rings. The first-order valence-electron chi connectivity index (χ1n) is 9.44. The van der Waals surface area contributed by atoms with Crippen LogP contribution in [0.5, 0.6) is 0 Å². The summed E-state index contributed by atoms with van der Waals surface area (Å²) in [5.41, 5.74) is 1.84. The number of likely N-dealkylation sites (N-methyl/N-ethyl adjacent to an activating group) is 1. The Balaban J connectivity index is 1.51. The minimum absolute atomic E-state index is 0.00657. The highest BCUT2D eigenvalue weighted by atomic mass is 35.5. The number of rotatable bonds is 6. The van der Waals surface area contributed by atoms with Gasteiger partial charge in [0.15, 0.2) is 0 Å². The van der Waals surface area contributed by atoms with E-state index in [0.717, 1.165) is 11.3 Å². The van der Waals surface area contributed by atoms with Gasteiger partial charge in [0, 0.05) is 40.0 Å². The minimum Gasteiger partial charge on any atom is -0.329 e. The molecule has 0 saturated carbocycles. The van der Waals surface area contributed by atoms with Gasteiger partial charge in [-0.2, -0.15) is 0 Å². The number of nitro benzene ring substituents is 1. The zero-order chi connectivity index (χ0) is 21.3. The molecule has 9 heteroatoms. The lowest BCUT2D eigenvalue weighted by atomic mass is 9.98. The Hall–Kier alpha value is -2.26. The van der Waals surface area contributed by atoms with Gasteiger partial charge in [0.2, 0.25) is 5.91 Å². The number of hydrogen-bond acceptors (Lipinski definition) is 6. The highest BCUT2D eigenvalue weighted by Gasteiger charge is 2.33. The molecule has 1 aliphatic heterocycles. The number of benzene rings is 1. The topological polar surface area (TPSA) is 66.7 Å². The van der Waals surface area contributed by atoms with Crippen LogP contribution in [0.1, 0.15) is 26.9 Å². The average Bonchev–Trinajstić information content (AvgIpc) is 3.40. The van der Waals surface area contributed by atoms with E-state index < -0.39 is 4.92 Å². The Morgan fingerprint density at radius 2 is 2.13 bits per heavy atom. The van der Waals surface area contributed by atoms with Crippen LogP contribution in [-0.2, 0) is 17.8 Å². The number of halogens is 1. The van der Waals surface area contributed by atoms with Crippen molar-refractivity contribution >= 4 is 45.9 Å². The number of thiophene rings is 2. The van der Waals surface area contributed by atoms with Crippen LogP contribution in [0, 0.1) is 10.1 Å². The quantitative estimate of drug-likeness (QED) is 0.383. The second-order valence-corrected chi connectivity index (χ2v) is 9.65. The van der Waals surface area contributed by atoms with E-state index in [1.807, 2.05) is 28.3 Å². The maximum Gasteiger partial charge on any atom is 0.269 e. The van der Waals surface area contributed by atoms with E-state index >= 15 is 0 Å². The molecule has 1 aromatic carbocycles. The molecule has 3 heterocycles. The van der Waals surface area contributed by atoms with E-state index in [4.69, 9.17) is 11.6 Å². The minimum atomic E-state index is -0.442. The van der Waals surface area contributed by atoms with Crippen molar-refractivity contribution in [1.82, 2.24) is 9.80 Å². The largest absolute Gasteiger partial charge is 0.329 e. The van der Waals surface area contributed by atoms with Crippen molar-refractivity contribution < 1.29 is 9.72 Å². The molecule has 0 N–H and O–H groups in total. The average molecular weight is 462 g/mol. The highest BCUT2D eigenvalue weighted by molar-refractivity contribution is 7.10. The van der Waals surface area contributed by atoms with Crippen LogP contribution in [0.4, 0.5) is 5.69 Å². The second kappa shape index (κ2) is 8.85. The molecule has 0 spiro atoms. The molecule has 2 aromatic heterocycles. The lowest BCUT2D eigenvalue weighted by Crippen LogP contribution is -2.44. The summed E-state index contributed by atoms with van der Waals surface area (Å²) in [5, 5.41) is 15.6. The van der Waals surface area contributed by atoms with E-state index in [1.54, 1.807) is 22.7 Å². The molecule has 30 heavy (non-hydrogen) atoms. The number of carbonyl (C=O) groups excluding carboxylic acids is 1. The number of hydrogen-bond donors (Lipinski definition) is 0. The van der Waals surface area contributed by atoms with Crippen molar-refractivity contribution in [2.45, 2.75) is 19.0 Å². The van der Waals surface area contributed by atoms with Crippen LogP contribution in [-0.4, -0.2) is 40.8 Å². The summed E-state index contributed by atoms with van der Waals surface area (Å²) >= 11 is 9.63. The third kappa shape index (κ3) is 4.27. The third-order valence-corrected chi connectivity index (χ3v) is 7.47. The van der Waals surface area contributed by atoms with Gasteiger partial charge < -0.3 is 4.90 Å². The SMILES string of the molecule is CN(CC(=O)N1CCc2sccc2[C@@H]1c1cccs1)Cc1cc([N+](=O)[O-])ccc1Cl. The molecule has 156 valence electrons. The Kier molecular flexibility index (Phi) is 6.19. The van der Waals surface area contributed by atoms with Gasteiger partial charge in [-0.15, -0.1) is 22.7 Å². The normalized spacial score (nSPS) is 16.0. The van der Waals surface area contributed by atoms with Crippen LogP contribution in [0.2, 0.25) is 5.02 Å². The van der Waals surface area contributed by atoms with E-state index in [9.17, 15) is 14.9 Å². The summed E-state index contributed by atoms with van der Waals surface area (Å²) in [4.78, 5) is 30.2. The van der Waals surface area contributed by atoms with Crippen LogP contribution in [0.15, 0.2) is 47.2 Å². The fourth-order valence-electron chi connectivity index (χ4n) is 3.80. The number of amides is 1. The van der Waals surface area contributed by atoms with Gasteiger partial charge in [0.05, 0.1) is 17.5 Å². The zero-order valence-corrected chi connectivity index (χ0v) is 18.7. The van der Waals surface area contributed by atoms with Gasteiger partial charge >= 0.3 is 0 Å². The monoisotopic (exact) mass is 461 g/mol. The summed E-state index contributed by atoms with van der Waals surface area (Å²) < 4.78 is 0. The fraction of sp³-hybridized carbons (Fsp3) is 0.286. The zero-order valence-electron chi connectivity index (χ0n) is 16.3. The number of fused-ring (bicyclic) bond motifs is 1. The molecule has 0 unspecified atom stereocenters. The van der Waals surface area contributed by atoms with Crippen molar-refractivity contribution in [1.29, 1.82) is 0 Å². The molecule has 0 aliphatic carbocycles. The molecule has 0 fully saturated rings. The van der Waals surface area contributed by atoms with Crippen LogP contribution >= 0.6 is 34.3 Å². The number of non-ortho nitro benzene ring substituents is 1.